The van der Waals surface area contributed by atoms with Crippen LogP contribution < -0.4 is 4.72 Å². The van der Waals surface area contributed by atoms with E-state index in [1.807, 2.05) is 58.0 Å². The minimum absolute atomic E-state index is 0.00231. The van der Waals surface area contributed by atoms with Crippen molar-refractivity contribution in [2.24, 2.45) is 0 Å². The highest BCUT2D eigenvalue weighted by Crippen LogP contribution is 2.20. The van der Waals surface area contributed by atoms with E-state index in [4.69, 9.17) is 0 Å². The van der Waals surface area contributed by atoms with E-state index < -0.39 is 17.0 Å². The quantitative estimate of drug-likeness (QED) is 0.909. The molecule has 1 N–H and O–H groups in total. The van der Waals surface area contributed by atoms with Crippen LogP contribution in [-0.4, -0.2) is 15.0 Å². The molecule has 1 aromatic carbocycles. The number of nitrogens with one attached hydrogen (secondary N) is 1. The summed E-state index contributed by atoms with van der Waals surface area (Å²) in [6.07, 6.45) is 0. The van der Waals surface area contributed by atoms with Crippen molar-refractivity contribution in [2.45, 2.75) is 44.4 Å². The van der Waals surface area contributed by atoms with Crippen LogP contribution in [0.5, 0.6) is 0 Å². The normalized spacial score (nSPS) is 16.6. The Kier molecular flexibility index (Phi) is 5.06. The zero-order chi connectivity index (χ0) is 13.8. The molecule has 1 aromatic rings. The van der Waals surface area contributed by atoms with Crippen molar-refractivity contribution in [3.63, 3.8) is 0 Å². The molecule has 0 spiro atoms. The number of hydrogen-bond acceptors (Lipinski definition) is 2. The third-order valence-corrected chi connectivity index (χ3v) is 4.34. The predicted octanol–water partition coefficient (Wildman–Crippen LogP) is 2.73. The molecule has 0 aliphatic rings. The van der Waals surface area contributed by atoms with Gasteiger partial charge in [-0.2, -0.15) is 5.26 Å². The second-order valence-corrected chi connectivity index (χ2v) is 7.30. The second-order valence-electron chi connectivity index (χ2n) is 5.31. The Morgan fingerprint density at radius 3 is 2.28 bits per heavy atom. The molecule has 0 radical (unpaired) electrons. The molecule has 98 valence electrons. The summed E-state index contributed by atoms with van der Waals surface area (Å²) in [7, 11) is -1.23. The lowest BCUT2D eigenvalue weighted by atomic mass is 9.95. The van der Waals surface area contributed by atoms with Crippen molar-refractivity contribution in [3.05, 3.63) is 35.9 Å². The van der Waals surface area contributed by atoms with Gasteiger partial charge in [-0.15, -0.1) is 0 Å². The third kappa shape index (κ3) is 3.94. The Hall–Kier alpha value is -1.18. The van der Waals surface area contributed by atoms with Gasteiger partial charge in [0, 0.05) is 5.92 Å². The summed E-state index contributed by atoms with van der Waals surface area (Å²) in [6, 6.07) is 11.5. The molecule has 0 unspecified atom stereocenters. The molecule has 0 aliphatic carbocycles. The summed E-state index contributed by atoms with van der Waals surface area (Å²) in [6.45, 7) is 7.63. The van der Waals surface area contributed by atoms with E-state index in [0.29, 0.717) is 0 Å². The highest BCUT2D eigenvalue weighted by atomic mass is 32.2. The first-order valence-electron chi connectivity index (χ1n) is 5.99. The lowest BCUT2D eigenvalue weighted by Crippen LogP contribution is -2.41. The molecule has 0 aromatic heterocycles. The average Bonchev–Trinajstić information content (AvgIpc) is 2.34. The first-order valence-corrected chi connectivity index (χ1v) is 7.14. The minimum atomic E-state index is -1.23. The SMILES string of the molecule is C[C@H](c1ccccc1)[C@@H](C#N)N[S@@](=O)C(C)(C)C. The van der Waals surface area contributed by atoms with Crippen molar-refractivity contribution >= 4 is 11.0 Å². The first-order chi connectivity index (χ1) is 8.36. The van der Waals surface area contributed by atoms with Gasteiger partial charge >= 0.3 is 0 Å². The largest absolute Gasteiger partial charge is 0.242 e. The van der Waals surface area contributed by atoms with Crippen molar-refractivity contribution in [1.29, 1.82) is 5.26 Å². The second kappa shape index (κ2) is 6.12. The molecule has 3 atom stereocenters. The molecule has 18 heavy (non-hydrogen) atoms. The van der Waals surface area contributed by atoms with Crippen molar-refractivity contribution < 1.29 is 4.21 Å². The Morgan fingerprint density at radius 1 is 1.28 bits per heavy atom. The van der Waals surface area contributed by atoms with E-state index in [-0.39, 0.29) is 10.7 Å². The lowest BCUT2D eigenvalue weighted by molar-refractivity contribution is 0.589. The van der Waals surface area contributed by atoms with Crippen molar-refractivity contribution in [1.82, 2.24) is 4.72 Å². The minimum Gasteiger partial charge on any atom is -0.242 e. The summed E-state index contributed by atoms with van der Waals surface area (Å²) in [5.41, 5.74) is 1.07. The van der Waals surface area contributed by atoms with Gasteiger partial charge in [-0.3, -0.25) is 0 Å². The Balaban J connectivity index is 2.80. The first kappa shape index (κ1) is 14.9. The molecule has 1 rings (SSSR count). The fourth-order valence-corrected chi connectivity index (χ4v) is 2.32. The van der Waals surface area contributed by atoms with Crippen LogP contribution in [0.15, 0.2) is 30.3 Å². The highest BCUT2D eigenvalue weighted by molar-refractivity contribution is 7.84. The monoisotopic (exact) mass is 264 g/mol. The summed E-state index contributed by atoms with van der Waals surface area (Å²) in [5.74, 6) is 0.00231. The molecule has 0 amide bonds. The standard InChI is InChI=1S/C14H20N2OS/c1-11(12-8-6-5-7-9-12)13(10-15)16-18(17)14(2,3)4/h5-9,11,13,16H,1-4H3/t11-,13-,18+/m1/s1. The van der Waals surface area contributed by atoms with E-state index in [0.717, 1.165) is 5.56 Å². The summed E-state index contributed by atoms with van der Waals surface area (Å²) in [5, 5.41) is 9.23. The van der Waals surface area contributed by atoms with Crippen LogP contribution in [0.2, 0.25) is 0 Å². The van der Waals surface area contributed by atoms with Crippen LogP contribution >= 0.6 is 0 Å². The zero-order valence-electron chi connectivity index (χ0n) is 11.3. The Labute approximate surface area is 112 Å². The van der Waals surface area contributed by atoms with Crippen molar-refractivity contribution in [3.8, 4) is 6.07 Å². The van der Waals surface area contributed by atoms with Crippen LogP contribution in [-0.2, 0) is 11.0 Å². The zero-order valence-corrected chi connectivity index (χ0v) is 12.1. The van der Waals surface area contributed by atoms with Gasteiger partial charge in [-0.1, -0.05) is 37.3 Å². The smallest absolute Gasteiger partial charge is 0.113 e. The van der Waals surface area contributed by atoms with Gasteiger partial charge in [-0.05, 0) is 26.3 Å². The lowest BCUT2D eigenvalue weighted by Gasteiger charge is -2.24. The highest BCUT2D eigenvalue weighted by Gasteiger charge is 2.26. The van der Waals surface area contributed by atoms with Gasteiger partial charge in [0.2, 0.25) is 0 Å². The number of rotatable bonds is 4. The Morgan fingerprint density at radius 2 is 1.83 bits per heavy atom. The van der Waals surface area contributed by atoms with E-state index in [1.54, 1.807) is 0 Å². The fraction of sp³-hybridized carbons (Fsp3) is 0.500. The molecule has 0 bridgehead atoms. The maximum atomic E-state index is 12.0. The molecule has 4 heteroatoms. The molecular weight excluding hydrogens is 244 g/mol. The van der Waals surface area contributed by atoms with E-state index >= 15 is 0 Å². The number of nitrogens with zero attached hydrogens (tertiary/aromatic N) is 1. The van der Waals surface area contributed by atoms with Crippen LogP contribution in [0, 0.1) is 11.3 Å². The van der Waals surface area contributed by atoms with E-state index in [9.17, 15) is 9.47 Å². The van der Waals surface area contributed by atoms with E-state index in [1.165, 1.54) is 0 Å². The topological polar surface area (TPSA) is 52.9 Å². The van der Waals surface area contributed by atoms with Crippen LogP contribution in [0.4, 0.5) is 0 Å². The van der Waals surface area contributed by atoms with Gasteiger partial charge in [0.15, 0.2) is 0 Å². The summed E-state index contributed by atoms with van der Waals surface area (Å²) < 4.78 is 14.6. The summed E-state index contributed by atoms with van der Waals surface area (Å²) in [4.78, 5) is 0. The average molecular weight is 264 g/mol. The molecule has 0 fully saturated rings. The van der Waals surface area contributed by atoms with Crippen LogP contribution in [0.1, 0.15) is 39.2 Å². The molecule has 0 saturated carbocycles. The molecule has 0 saturated heterocycles. The van der Waals surface area contributed by atoms with Gasteiger partial charge < -0.3 is 0 Å². The van der Waals surface area contributed by atoms with Gasteiger partial charge in [0.1, 0.15) is 6.04 Å². The number of benzene rings is 1. The molecular formula is C14H20N2OS. The molecule has 0 heterocycles. The number of hydrogen-bond donors (Lipinski definition) is 1. The maximum Gasteiger partial charge on any atom is 0.113 e. The van der Waals surface area contributed by atoms with Gasteiger partial charge in [0.25, 0.3) is 0 Å². The van der Waals surface area contributed by atoms with Crippen molar-refractivity contribution in [2.75, 3.05) is 0 Å². The predicted molar refractivity (Wildman–Crippen MR) is 75.3 cm³/mol. The van der Waals surface area contributed by atoms with Crippen LogP contribution in [0.3, 0.4) is 0 Å². The maximum absolute atomic E-state index is 12.0. The fourth-order valence-electron chi connectivity index (χ4n) is 1.48. The van der Waals surface area contributed by atoms with E-state index in [2.05, 4.69) is 10.8 Å². The summed E-state index contributed by atoms with van der Waals surface area (Å²) >= 11 is 0. The van der Waals surface area contributed by atoms with Gasteiger partial charge in [-0.25, -0.2) is 8.93 Å². The molecule has 3 nitrogen and oxygen atoms in total. The molecule has 0 aliphatic heterocycles. The number of nitriles is 1. The third-order valence-electron chi connectivity index (χ3n) is 2.75. The Bertz CT molecular complexity index is 445. The van der Waals surface area contributed by atoms with Gasteiger partial charge in [0.05, 0.1) is 21.8 Å². The van der Waals surface area contributed by atoms with Crippen LogP contribution in [0.25, 0.3) is 0 Å².